The highest BCUT2D eigenvalue weighted by Crippen LogP contribution is 2.43. The number of hydrogen-bond acceptors (Lipinski definition) is 4. The Bertz CT molecular complexity index is 438. The van der Waals surface area contributed by atoms with E-state index in [1.807, 2.05) is 0 Å². The molecule has 4 nitrogen and oxygen atoms in total. The van der Waals surface area contributed by atoms with E-state index >= 15 is 0 Å². The van der Waals surface area contributed by atoms with Crippen LogP contribution in [0.4, 0.5) is 11.5 Å². The first-order valence-electron chi connectivity index (χ1n) is 6.08. The zero-order chi connectivity index (χ0) is 12.3. The molecule has 1 saturated carbocycles. The van der Waals surface area contributed by atoms with Crippen molar-refractivity contribution < 1.29 is 0 Å². The van der Waals surface area contributed by atoms with Gasteiger partial charge in [-0.2, -0.15) is 5.26 Å². The van der Waals surface area contributed by atoms with Crippen LogP contribution >= 0.6 is 0 Å². The fraction of sp³-hybridized carbons (Fsp3) is 0.538. The van der Waals surface area contributed by atoms with Gasteiger partial charge in [0.25, 0.3) is 0 Å². The van der Waals surface area contributed by atoms with E-state index in [0.29, 0.717) is 22.5 Å². The van der Waals surface area contributed by atoms with E-state index < -0.39 is 0 Å². The largest absolute Gasteiger partial charge is 0.397 e. The number of nitriles is 1. The third kappa shape index (κ3) is 2.33. The van der Waals surface area contributed by atoms with Gasteiger partial charge in [-0.15, -0.1) is 0 Å². The number of anilines is 2. The highest BCUT2D eigenvalue weighted by molar-refractivity contribution is 5.57. The zero-order valence-corrected chi connectivity index (χ0v) is 10.2. The van der Waals surface area contributed by atoms with Gasteiger partial charge >= 0.3 is 0 Å². The second kappa shape index (κ2) is 4.62. The van der Waals surface area contributed by atoms with Gasteiger partial charge in [-0.05, 0) is 30.7 Å². The van der Waals surface area contributed by atoms with Crippen molar-refractivity contribution in [3.63, 3.8) is 0 Å². The van der Waals surface area contributed by atoms with Crippen molar-refractivity contribution in [3.8, 4) is 6.07 Å². The predicted octanol–water partition coefficient (Wildman–Crippen LogP) is 2.53. The van der Waals surface area contributed by atoms with Gasteiger partial charge in [0, 0.05) is 6.54 Å². The van der Waals surface area contributed by atoms with Crippen molar-refractivity contribution in [1.29, 1.82) is 5.26 Å². The Balaban J connectivity index is 2.06. The normalized spacial score (nSPS) is 16.9. The van der Waals surface area contributed by atoms with Crippen molar-refractivity contribution >= 4 is 11.5 Å². The molecular formula is C13H18N4. The summed E-state index contributed by atoms with van der Waals surface area (Å²) < 4.78 is 0. The SMILES string of the molecule is CCC1(CNc2ncc(N)cc2C#N)CCC1. The van der Waals surface area contributed by atoms with Crippen molar-refractivity contribution in [2.45, 2.75) is 32.6 Å². The molecule has 1 heterocycles. The van der Waals surface area contributed by atoms with E-state index in [-0.39, 0.29) is 0 Å². The second-order valence-electron chi connectivity index (χ2n) is 4.84. The van der Waals surface area contributed by atoms with Gasteiger partial charge in [-0.1, -0.05) is 13.3 Å². The lowest BCUT2D eigenvalue weighted by atomic mass is 9.67. The summed E-state index contributed by atoms with van der Waals surface area (Å²) in [5.41, 5.74) is 7.07. The van der Waals surface area contributed by atoms with Gasteiger partial charge in [-0.25, -0.2) is 4.98 Å². The highest BCUT2D eigenvalue weighted by Gasteiger charge is 2.34. The van der Waals surface area contributed by atoms with E-state index in [4.69, 9.17) is 11.0 Å². The number of aromatic nitrogens is 1. The molecule has 0 radical (unpaired) electrons. The molecule has 4 heteroatoms. The summed E-state index contributed by atoms with van der Waals surface area (Å²) in [6, 6.07) is 3.78. The summed E-state index contributed by atoms with van der Waals surface area (Å²) in [5.74, 6) is 0.654. The summed E-state index contributed by atoms with van der Waals surface area (Å²) in [6.45, 7) is 3.12. The molecule has 0 unspecified atom stereocenters. The molecule has 1 aliphatic carbocycles. The number of pyridine rings is 1. The molecule has 2 rings (SSSR count). The van der Waals surface area contributed by atoms with Crippen LogP contribution in [-0.4, -0.2) is 11.5 Å². The number of nitrogens with two attached hydrogens (primary N) is 1. The molecule has 17 heavy (non-hydrogen) atoms. The minimum absolute atomic E-state index is 0.412. The summed E-state index contributed by atoms with van der Waals surface area (Å²) >= 11 is 0. The molecule has 0 aliphatic heterocycles. The maximum Gasteiger partial charge on any atom is 0.144 e. The summed E-state index contributed by atoms with van der Waals surface area (Å²) in [6.07, 6.45) is 6.62. The second-order valence-corrected chi connectivity index (χ2v) is 4.84. The maximum atomic E-state index is 9.02. The highest BCUT2D eigenvalue weighted by atomic mass is 15.0. The van der Waals surface area contributed by atoms with Gasteiger partial charge in [0.15, 0.2) is 0 Å². The molecule has 0 amide bonds. The summed E-state index contributed by atoms with van der Waals surface area (Å²) in [5, 5.41) is 12.3. The molecule has 0 atom stereocenters. The van der Waals surface area contributed by atoms with Crippen LogP contribution in [0.2, 0.25) is 0 Å². The Morgan fingerprint density at radius 3 is 2.88 bits per heavy atom. The van der Waals surface area contributed by atoms with Crippen molar-refractivity contribution in [2.75, 3.05) is 17.6 Å². The first-order valence-corrected chi connectivity index (χ1v) is 6.08. The Morgan fingerprint density at radius 2 is 2.35 bits per heavy atom. The minimum atomic E-state index is 0.412. The molecule has 3 N–H and O–H groups in total. The van der Waals surface area contributed by atoms with Crippen molar-refractivity contribution in [1.82, 2.24) is 4.98 Å². The van der Waals surface area contributed by atoms with Crippen LogP contribution in [0.5, 0.6) is 0 Å². The van der Waals surface area contributed by atoms with E-state index in [9.17, 15) is 0 Å². The first kappa shape index (κ1) is 11.7. The molecule has 1 aromatic rings. The lowest BCUT2D eigenvalue weighted by Gasteiger charge is -2.41. The van der Waals surface area contributed by atoms with E-state index in [2.05, 4.69) is 23.3 Å². The van der Waals surface area contributed by atoms with Crippen molar-refractivity contribution in [3.05, 3.63) is 17.8 Å². The molecule has 1 aromatic heterocycles. The Labute approximate surface area is 102 Å². The summed E-state index contributed by atoms with van der Waals surface area (Å²) in [7, 11) is 0. The molecular weight excluding hydrogens is 212 g/mol. The lowest BCUT2D eigenvalue weighted by molar-refractivity contribution is 0.145. The number of nitrogen functional groups attached to an aromatic ring is 1. The number of nitrogens with one attached hydrogen (secondary N) is 1. The van der Waals surface area contributed by atoms with E-state index in [1.165, 1.54) is 25.7 Å². The number of nitrogens with zero attached hydrogens (tertiary/aromatic N) is 2. The molecule has 0 bridgehead atoms. The average molecular weight is 230 g/mol. The molecule has 1 aliphatic rings. The van der Waals surface area contributed by atoms with Crippen LogP contribution in [0.3, 0.4) is 0 Å². The fourth-order valence-electron chi connectivity index (χ4n) is 2.31. The third-order valence-corrected chi connectivity index (χ3v) is 3.82. The van der Waals surface area contributed by atoms with Gasteiger partial charge in [0.1, 0.15) is 11.9 Å². The quantitative estimate of drug-likeness (QED) is 0.833. The Hall–Kier alpha value is -1.76. The number of rotatable bonds is 4. The van der Waals surface area contributed by atoms with Gasteiger partial charge in [0.05, 0.1) is 17.4 Å². The van der Waals surface area contributed by atoms with Crippen LogP contribution in [0.1, 0.15) is 38.2 Å². The van der Waals surface area contributed by atoms with Crippen LogP contribution in [0, 0.1) is 16.7 Å². The average Bonchev–Trinajstić information content (AvgIpc) is 2.29. The smallest absolute Gasteiger partial charge is 0.144 e. The molecule has 0 spiro atoms. The van der Waals surface area contributed by atoms with Gasteiger partial charge < -0.3 is 11.1 Å². The lowest BCUT2D eigenvalue weighted by Crippen LogP contribution is -2.36. The van der Waals surface area contributed by atoms with Gasteiger partial charge in [-0.3, -0.25) is 0 Å². The molecule has 90 valence electrons. The Kier molecular flexibility index (Phi) is 3.19. The summed E-state index contributed by atoms with van der Waals surface area (Å²) in [4.78, 5) is 4.19. The topological polar surface area (TPSA) is 74.7 Å². The number of hydrogen-bond donors (Lipinski definition) is 2. The zero-order valence-electron chi connectivity index (χ0n) is 10.2. The maximum absolute atomic E-state index is 9.02. The molecule has 0 saturated heterocycles. The van der Waals surface area contributed by atoms with Crippen molar-refractivity contribution in [2.24, 2.45) is 5.41 Å². The standard InChI is InChI=1S/C13H18N4/c1-2-13(4-3-5-13)9-17-12-10(7-14)6-11(15)8-16-12/h6,8H,2-5,9,15H2,1H3,(H,16,17). The Morgan fingerprint density at radius 1 is 1.59 bits per heavy atom. The van der Waals surface area contributed by atoms with Crippen LogP contribution < -0.4 is 11.1 Å². The van der Waals surface area contributed by atoms with Crippen LogP contribution in [0.15, 0.2) is 12.3 Å². The predicted molar refractivity (Wildman–Crippen MR) is 68.4 cm³/mol. The van der Waals surface area contributed by atoms with Gasteiger partial charge in [0.2, 0.25) is 0 Å². The fourth-order valence-corrected chi connectivity index (χ4v) is 2.31. The molecule has 0 aromatic carbocycles. The molecule has 1 fully saturated rings. The third-order valence-electron chi connectivity index (χ3n) is 3.82. The first-order chi connectivity index (χ1) is 8.19. The van der Waals surface area contributed by atoms with Crippen LogP contribution in [0.25, 0.3) is 0 Å². The monoisotopic (exact) mass is 230 g/mol. The van der Waals surface area contributed by atoms with E-state index in [0.717, 1.165) is 6.54 Å². The minimum Gasteiger partial charge on any atom is -0.397 e. The van der Waals surface area contributed by atoms with Crippen LogP contribution in [-0.2, 0) is 0 Å². The van der Waals surface area contributed by atoms with E-state index in [1.54, 1.807) is 12.3 Å².